The van der Waals surface area contributed by atoms with Crippen LogP contribution in [0.5, 0.6) is 0 Å². The van der Waals surface area contributed by atoms with Gasteiger partial charge in [-0.15, -0.1) is 0 Å². The smallest absolute Gasteiger partial charge is 0.0714 e. The number of nitrogens with zero attached hydrogens (tertiary/aromatic N) is 2. The molecule has 1 saturated heterocycles. The van der Waals surface area contributed by atoms with Crippen molar-refractivity contribution < 1.29 is 0 Å². The average Bonchev–Trinajstić information content (AvgIpc) is 2.94. The van der Waals surface area contributed by atoms with E-state index < -0.39 is 0 Å². The second-order valence-corrected chi connectivity index (χ2v) is 8.11. The highest BCUT2D eigenvalue weighted by molar-refractivity contribution is 5.67. The zero-order valence-corrected chi connectivity index (χ0v) is 14.4. The highest BCUT2D eigenvalue weighted by Gasteiger charge is 2.41. The summed E-state index contributed by atoms with van der Waals surface area (Å²) in [5, 5.41) is 0. The Kier molecular flexibility index (Phi) is 4.35. The van der Waals surface area contributed by atoms with Crippen LogP contribution in [0.25, 0.3) is 0 Å². The molecule has 3 rings (SSSR count). The number of nitrogen functional groups attached to an aromatic ring is 1. The van der Waals surface area contributed by atoms with Gasteiger partial charge >= 0.3 is 0 Å². The fourth-order valence-corrected chi connectivity index (χ4v) is 4.17. The SMILES string of the molecule is CC(C)(C)[C@H]1CN(c2ccccc2N)CN1C1CCCCC1. The maximum atomic E-state index is 6.22. The van der Waals surface area contributed by atoms with Crippen molar-refractivity contribution in [3.8, 4) is 0 Å². The van der Waals surface area contributed by atoms with E-state index in [1.807, 2.05) is 12.1 Å². The Hall–Kier alpha value is -1.22. The fourth-order valence-electron chi connectivity index (χ4n) is 4.17. The molecule has 122 valence electrons. The molecule has 1 heterocycles. The summed E-state index contributed by atoms with van der Waals surface area (Å²) in [6.07, 6.45) is 6.94. The average molecular weight is 301 g/mol. The molecule has 2 aliphatic rings. The summed E-state index contributed by atoms with van der Waals surface area (Å²) in [6, 6.07) is 9.67. The van der Waals surface area contributed by atoms with Gasteiger partial charge in [0, 0.05) is 18.6 Å². The van der Waals surface area contributed by atoms with E-state index in [-0.39, 0.29) is 0 Å². The summed E-state index contributed by atoms with van der Waals surface area (Å²) >= 11 is 0. The number of para-hydroxylation sites is 2. The van der Waals surface area contributed by atoms with E-state index >= 15 is 0 Å². The topological polar surface area (TPSA) is 32.5 Å². The molecule has 1 aliphatic heterocycles. The lowest BCUT2D eigenvalue weighted by molar-refractivity contribution is 0.0824. The molecule has 1 saturated carbocycles. The lowest BCUT2D eigenvalue weighted by Crippen LogP contribution is -2.47. The van der Waals surface area contributed by atoms with Gasteiger partial charge in [0.2, 0.25) is 0 Å². The van der Waals surface area contributed by atoms with Gasteiger partial charge in [-0.05, 0) is 30.4 Å². The normalized spacial score (nSPS) is 24.9. The molecule has 0 amide bonds. The van der Waals surface area contributed by atoms with Crippen molar-refractivity contribution in [1.29, 1.82) is 0 Å². The van der Waals surface area contributed by atoms with Crippen LogP contribution in [0.4, 0.5) is 11.4 Å². The van der Waals surface area contributed by atoms with Crippen molar-refractivity contribution in [3.05, 3.63) is 24.3 Å². The largest absolute Gasteiger partial charge is 0.397 e. The molecule has 2 fully saturated rings. The Balaban J connectivity index is 1.83. The number of anilines is 2. The molecule has 22 heavy (non-hydrogen) atoms. The summed E-state index contributed by atoms with van der Waals surface area (Å²) < 4.78 is 0. The van der Waals surface area contributed by atoms with Crippen molar-refractivity contribution in [2.45, 2.75) is 65.0 Å². The van der Waals surface area contributed by atoms with E-state index in [1.54, 1.807) is 0 Å². The summed E-state index contributed by atoms with van der Waals surface area (Å²) in [6.45, 7) is 9.26. The monoisotopic (exact) mass is 301 g/mol. The van der Waals surface area contributed by atoms with Crippen LogP contribution in [0.1, 0.15) is 52.9 Å². The van der Waals surface area contributed by atoms with Gasteiger partial charge in [0.15, 0.2) is 0 Å². The van der Waals surface area contributed by atoms with Crippen molar-refractivity contribution in [3.63, 3.8) is 0 Å². The Bertz CT molecular complexity index is 500. The third-order valence-electron chi connectivity index (χ3n) is 5.45. The molecule has 0 bridgehead atoms. The molecule has 1 aliphatic carbocycles. The molecule has 0 radical (unpaired) electrons. The Morgan fingerprint density at radius 1 is 1.05 bits per heavy atom. The minimum Gasteiger partial charge on any atom is -0.397 e. The number of hydrogen-bond donors (Lipinski definition) is 1. The van der Waals surface area contributed by atoms with Crippen molar-refractivity contribution in [2.75, 3.05) is 23.8 Å². The molecule has 3 nitrogen and oxygen atoms in total. The lowest BCUT2D eigenvalue weighted by atomic mass is 9.84. The summed E-state index contributed by atoms with van der Waals surface area (Å²) in [7, 11) is 0. The predicted molar refractivity (Wildman–Crippen MR) is 95.0 cm³/mol. The Morgan fingerprint density at radius 2 is 1.73 bits per heavy atom. The lowest BCUT2D eigenvalue weighted by Gasteiger charge is -2.40. The highest BCUT2D eigenvalue weighted by atomic mass is 15.4. The van der Waals surface area contributed by atoms with Gasteiger partial charge < -0.3 is 10.6 Å². The first kappa shape index (κ1) is 15.7. The third kappa shape index (κ3) is 3.10. The van der Waals surface area contributed by atoms with Gasteiger partial charge in [-0.25, -0.2) is 0 Å². The first-order chi connectivity index (χ1) is 10.5. The molecule has 0 unspecified atom stereocenters. The maximum absolute atomic E-state index is 6.22. The van der Waals surface area contributed by atoms with Crippen molar-refractivity contribution in [2.24, 2.45) is 5.41 Å². The van der Waals surface area contributed by atoms with E-state index in [2.05, 4.69) is 42.7 Å². The van der Waals surface area contributed by atoms with Crippen LogP contribution in [0.3, 0.4) is 0 Å². The van der Waals surface area contributed by atoms with Gasteiger partial charge in [0.1, 0.15) is 0 Å². The van der Waals surface area contributed by atoms with E-state index in [9.17, 15) is 0 Å². The first-order valence-electron chi connectivity index (χ1n) is 8.82. The van der Waals surface area contributed by atoms with E-state index in [0.29, 0.717) is 11.5 Å². The molecule has 3 heteroatoms. The highest BCUT2D eigenvalue weighted by Crippen LogP contribution is 2.37. The third-order valence-corrected chi connectivity index (χ3v) is 5.45. The Labute approximate surface area is 135 Å². The van der Waals surface area contributed by atoms with Crippen LogP contribution in [0.15, 0.2) is 24.3 Å². The number of hydrogen-bond acceptors (Lipinski definition) is 3. The molecular formula is C19H31N3. The second-order valence-electron chi connectivity index (χ2n) is 8.11. The molecule has 1 aromatic carbocycles. The van der Waals surface area contributed by atoms with Crippen LogP contribution >= 0.6 is 0 Å². The minimum atomic E-state index is 0.301. The molecule has 0 aromatic heterocycles. The zero-order valence-electron chi connectivity index (χ0n) is 14.4. The van der Waals surface area contributed by atoms with Gasteiger partial charge in [-0.2, -0.15) is 0 Å². The van der Waals surface area contributed by atoms with Crippen LogP contribution in [0.2, 0.25) is 0 Å². The van der Waals surface area contributed by atoms with Crippen molar-refractivity contribution in [1.82, 2.24) is 4.90 Å². The van der Waals surface area contributed by atoms with Gasteiger partial charge in [0.05, 0.1) is 18.0 Å². The van der Waals surface area contributed by atoms with Crippen LogP contribution in [0, 0.1) is 5.41 Å². The number of benzene rings is 1. The van der Waals surface area contributed by atoms with Crippen LogP contribution in [-0.2, 0) is 0 Å². The predicted octanol–water partition coefficient (Wildman–Crippen LogP) is 4.10. The first-order valence-corrected chi connectivity index (χ1v) is 8.82. The standard InChI is InChI=1S/C19H31N3/c1-19(2,3)18-13-21(17-12-8-7-11-16(17)20)14-22(18)15-9-5-4-6-10-15/h7-8,11-12,15,18H,4-6,9-10,13-14,20H2,1-3H3/t18-/m1/s1. The summed E-state index contributed by atoms with van der Waals surface area (Å²) in [5.41, 5.74) is 8.63. The molecular weight excluding hydrogens is 270 g/mol. The van der Waals surface area contributed by atoms with Gasteiger partial charge in [-0.1, -0.05) is 52.2 Å². The van der Waals surface area contributed by atoms with Crippen LogP contribution in [-0.4, -0.2) is 30.2 Å². The minimum absolute atomic E-state index is 0.301. The summed E-state index contributed by atoms with van der Waals surface area (Å²) in [4.78, 5) is 5.26. The fraction of sp³-hybridized carbons (Fsp3) is 0.684. The molecule has 1 atom stereocenters. The maximum Gasteiger partial charge on any atom is 0.0714 e. The Morgan fingerprint density at radius 3 is 2.36 bits per heavy atom. The van der Waals surface area contributed by atoms with E-state index in [4.69, 9.17) is 5.73 Å². The second kappa shape index (κ2) is 6.11. The van der Waals surface area contributed by atoms with E-state index in [1.165, 1.54) is 37.8 Å². The molecule has 0 spiro atoms. The quantitative estimate of drug-likeness (QED) is 0.835. The van der Waals surface area contributed by atoms with Gasteiger partial charge in [0.25, 0.3) is 0 Å². The van der Waals surface area contributed by atoms with E-state index in [0.717, 1.165) is 24.9 Å². The molecule has 1 aromatic rings. The zero-order chi connectivity index (χ0) is 15.7. The van der Waals surface area contributed by atoms with Gasteiger partial charge in [-0.3, -0.25) is 4.90 Å². The van der Waals surface area contributed by atoms with Crippen LogP contribution < -0.4 is 10.6 Å². The number of nitrogens with two attached hydrogens (primary N) is 1. The summed E-state index contributed by atoms with van der Waals surface area (Å²) in [5.74, 6) is 0. The molecule has 2 N–H and O–H groups in total. The number of rotatable bonds is 2. The van der Waals surface area contributed by atoms with Crippen molar-refractivity contribution >= 4 is 11.4 Å².